The Morgan fingerprint density at radius 2 is 1.82 bits per heavy atom. The van der Waals surface area contributed by atoms with Crippen LogP contribution in [0.4, 0.5) is 0 Å². The van der Waals surface area contributed by atoms with E-state index in [0.717, 1.165) is 12.8 Å². The van der Waals surface area contributed by atoms with Crippen molar-refractivity contribution in [1.82, 2.24) is 5.43 Å². The predicted octanol–water partition coefficient (Wildman–Crippen LogP) is 1.80. The van der Waals surface area contributed by atoms with Crippen molar-refractivity contribution in [2.45, 2.75) is 45.7 Å². The van der Waals surface area contributed by atoms with E-state index in [0.29, 0.717) is 6.42 Å². The van der Waals surface area contributed by atoms with Crippen LogP contribution in [0.15, 0.2) is 0 Å². The van der Waals surface area contributed by atoms with E-state index in [1.165, 1.54) is 0 Å². The number of nitrogens with two attached hydrogens (primary N) is 1. The quantitative estimate of drug-likeness (QED) is 0.287. The maximum Gasteiger partial charge on any atom is 0.343 e. The Balaban J connectivity index is 4.92. The Kier molecular flexibility index (Phi) is 8.43. The van der Waals surface area contributed by atoms with E-state index < -0.39 is 19.2 Å². The summed E-state index contributed by atoms with van der Waals surface area (Å²) in [5.74, 6) is 4.61. The predicted molar refractivity (Wildman–Crippen MR) is 66.5 cm³/mol. The molecule has 6 nitrogen and oxygen atoms in total. The molecule has 0 aromatic heterocycles. The molecular weight excluding hydrogens is 243 g/mol. The van der Waals surface area contributed by atoms with Crippen LogP contribution in [-0.2, 0) is 18.4 Å². The Morgan fingerprint density at radius 1 is 1.29 bits per heavy atom. The summed E-state index contributed by atoms with van der Waals surface area (Å²) in [7, 11) is -3.42. The molecule has 7 heteroatoms. The van der Waals surface area contributed by atoms with Crippen molar-refractivity contribution in [3.05, 3.63) is 0 Å². The Hall–Kier alpha value is -0.420. The zero-order valence-corrected chi connectivity index (χ0v) is 11.7. The topological polar surface area (TPSA) is 90.7 Å². The molecule has 0 rings (SSSR count). The van der Waals surface area contributed by atoms with Gasteiger partial charge in [0.1, 0.15) is 5.66 Å². The number of unbranched alkanes of at least 4 members (excludes halogenated alkanes) is 1. The lowest BCUT2D eigenvalue weighted by molar-refractivity contribution is -0.121. The highest BCUT2D eigenvalue weighted by Crippen LogP contribution is 2.54. The zero-order chi connectivity index (χ0) is 13.3. The second-order valence-electron chi connectivity index (χ2n) is 3.54. The van der Waals surface area contributed by atoms with Gasteiger partial charge >= 0.3 is 7.60 Å². The van der Waals surface area contributed by atoms with Gasteiger partial charge in [-0.25, -0.2) is 5.84 Å². The van der Waals surface area contributed by atoms with Crippen molar-refractivity contribution in [2.24, 2.45) is 5.84 Å². The normalized spacial score (nSPS) is 13.4. The number of rotatable bonds is 9. The molecule has 0 aliphatic heterocycles. The summed E-state index contributed by atoms with van der Waals surface area (Å²) in [6.07, 6.45) is 2.10. The molecule has 0 aliphatic rings. The molecule has 0 aromatic carbocycles. The maximum atomic E-state index is 12.5. The lowest BCUT2D eigenvalue weighted by Crippen LogP contribution is -2.39. The van der Waals surface area contributed by atoms with E-state index in [9.17, 15) is 9.36 Å². The van der Waals surface area contributed by atoms with Gasteiger partial charge in [0.05, 0.1) is 13.2 Å². The molecule has 0 aromatic rings. The molecular formula is C10H23N2O4P. The van der Waals surface area contributed by atoms with Gasteiger partial charge in [0.2, 0.25) is 5.91 Å². The van der Waals surface area contributed by atoms with Crippen molar-refractivity contribution in [2.75, 3.05) is 13.2 Å². The summed E-state index contributed by atoms with van der Waals surface area (Å²) in [4.78, 5) is 11.6. The monoisotopic (exact) mass is 266 g/mol. The zero-order valence-electron chi connectivity index (χ0n) is 10.8. The number of amides is 1. The van der Waals surface area contributed by atoms with Gasteiger partial charge in [-0.15, -0.1) is 0 Å². The number of hydrogen-bond donors (Lipinski definition) is 2. The van der Waals surface area contributed by atoms with E-state index in [2.05, 4.69) is 0 Å². The summed E-state index contributed by atoms with van der Waals surface area (Å²) in [5, 5.41) is 0. The van der Waals surface area contributed by atoms with Gasteiger partial charge in [-0.2, -0.15) is 0 Å². The van der Waals surface area contributed by atoms with Crippen LogP contribution in [-0.4, -0.2) is 24.8 Å². The lowest BCUT2D eigenvalue weighted by atomic mass is 10.2. The van der Waals surface area contributed by atoms with Crippen molar-refractivity contribution in [3.63, 3.8) is 0 Å². The molecule has 0 radical (unpaired) electrons. The molecule has 0 aliphatic carbocycles. The molecule has 1 atom stereocenters. The van der Waals surface area contributed by atoms with Crippen molar-refractivity contribution in [3.8, 4) is 0 Å². The van der Waals surface area contributed by atoms with Crippen molar-refractivity contribution < 1.29 is 18.4 Å². The standard InChI is InChI=1S/C10H23N2O4P/c1-4-7-8-9(10(13)12-11)17(14,15-5-2)16-6-3/h9H,4-8,11H2,1-3H3,(H,12,13)/t9-/m0/s1. The number of hydrogen-bond acceptors (Lipinski definition) is 5. The van der Waals surface area contributed by atoms with Crippen molar-refractivity contribution >= 4 is 13.5 Å². The molecule has 0 spiro atoms. The van der Waals surface area contributed by atoms with Gasteiger partial charge in [0.15, 0.2) is 0 Å². The fourth-order valence-electron chi connectivity index (χ4n) is 1.50. The molecule has 0 saturated carbocycles. The molecule has 0 heterocycles. The molecule has 1 amide bonds. The highest BCUT2D eigenvalue weighted by atomic mass is 31.2. The molecule has 0 fully saturated rings. The van der Waals surface area contributed by atoms with Gasteiger partial charge in [-0.3, -0.25) is 14.8 Å². The largest absolute Gasteiger partial charge is 0.343 e. The molecule has 0 bridgehead atoms. The second-order valence-corrected chi connectivity index (χ2v) is 5.76. The summed E-state index contributed by atoms with van der Waals surface area (Å²) >= 11 is 0. The average Bonchev–Trinajstić information content (AvgIpc) is 2.29. The maximum absolute atomic E-state index is 12.5. The Bertz CT molecular complexity index is 263. The van der Waals surface area contributed by atoms with E-state index in [4.69, 9.17) is 14.9 Å². The minimum Gasteiger partial charge on any atom is -0.308 e. The fourth-order valence-corrected chi connectivity index (χ4v) is 3.52. The van der Waals surface area contributed by atoms with Crippen LogP contribution in [0.5, 0.6) is 0 Å². The molecule has 3 N–H and O–H groups in total. The number of carbonyl (C=O) groups excluding carboxylic acids is 1. The number of nitrogens with one attached hydrogen (secondary N) is 1. The molecule has 0 saturated heterocycles. The first kappa shape index (κ1) is 16.6. The van der Waals surface area contributed by atoms with Gasteiger partial charge < -0.3 is 9.05 Å². The average molecular weight is 266 g/mol. The summed E-state index contributed by atoms with van der Waals surface area (Å²) in [6, 6.07) is 0. The minimum absolute atomic E-state index is 0.234. The number of carbonyl (C=O) groups is 1. The first-order chi connectivity index (χ1) is 8.05. The summed E-state index contributed by atoms with van der Waals surface area (Å²) in [6.45, 7) is 5.88. The highest BCUT2D eigenvalue weighted by molar-refractivity contribution is 7.55. The van der Waals surface area contributed by atoms with E-state index in [1.54, 1.807) is 13.8 Å². The Labute approximate surface area is 103 Å². The fraction of sp³-hybridized carbons (Fsp3) is 0.900. The van der Waals surface area contributed by atoms with Crippen LogP contribution in [0, 0.1) is 0 Å². The van der Waals surface area contributed by atoms with E-state index in [-0.39, 0.29) is 13.2 Å². The van der Waals surface area contributed by atoms with Gasteiger partial charge in [-0.1, -0.05) is 19.8 Å². The summed E-state index contributed by atoms with van der Waals surface area (Å²) < 4.78 is 22.8. The minimum atomic E-state index is -3.42. The van der Waals surface area contributed by atoms with E-state index in [1.807, 2.05) is 12.3 Å². The second kappa shape index (κ2) is 8.64. The van der Waals surface area contributed by atoms with Crippen LogP contribution in [0.25, 0.3) is 0 Å². The third-order valence-electron chi connectivity index (χ3n) is 2.28. The van der Waals surface area contributed by atoms with Crippen LogP contribution < -0.4 is 11.3 Å². The summed E-state index contributed by atoms with van der Waals surface area (Å²) in [5.41, 5.74) is 1.20. The SMILES string of the molecule is CCCC[C@@H](C(=O)NN)P(=O)(OCC)OCC. The van der Waals surface area contributed by atoms with Gasteiger partial charge in [-0.05, 0) is 20.3 Å². The molecule has 17 heavy (non-hydrogen) atoms. The third kappa shape index (κ3) is 5.17. The smallest absolute Gasteiger partial charge is 0.308 e. The third-order valence-corrected chi connectivity index (χ3v) is 4.77. The van der Waals surface area contributed by atoms with E-state index >= 15 is 0 Å². The van der Waals surface area contributed by atoms with Crippen molar-refractivity contribution in [1.29, 1.82) is 0 Å². The van der Waals surface area contributed by atoms with Crippen LogP contribution in [0.3, 0.4) is 0 Å². The van der Waals surface area contributed by atoms with Crippen LogP contribution in [0.2, 0.25) is 0 Å². The highest BCUT2D eigenvalue weighted by Gasteiger charge is 2.40. The van der Waals surface area contributed by atoms with Crippen LogP contribution >= 0.6 is 7.60 Å². The van der Waals surface area contributed by atoms with Gasteiger partial charge in [0.25, 0.3) is 0 Å². The Morgan fingerprint density at radius 3 is 2.18 bits per heavy atom. The van der Waals surface area contributed by atoms with Crippen LogP contribution in [0.1, 0.15) is 40.0 Å². The first-order valence-corrected chi connectivity index (χ1v) is 7.56. The lowest BCUT2D eigenvalue weighted by Gasteiger charge is -2.24. The molecule has 102 valence electrons. The number of hydrazine groups is 1. The first-order valence-electron chi connectivity index (χ1n) is 5.94. The van der Waals surface area contributed by atoms with Gasteiger partial charge in [0, 0.05) is 0 Å². The molecule has 0 unspecified atom stereocenters.